The van der Waals surface area contributed by atoms with Crippen molar-refractivity contribution >= 4 is 16.0 Å². The van der Waals surface area contributed by atoms with Crippen LogP contribution in [0.1, 0.15) is 25.3 Å². The van der Waals surface area contributed by atoms with E-state index < -0.39 is 27.3 Å². The minimum atomic E-state index is -4.19. The van der Waals surface area contributed by atoms with E-state index in [0.717, 1.165) is 22.5 Å². The molecule has 0 aromatic heterocycles. The summed E-state index contributed by atoms with van der Waals surface area (Å²) >= 11 is 0. The first-order chi connectivity index (χ1) is 9.73. The Morgan fingerprint density at radius 2 is 2.19 bits per heavy atom. The number of carboxylic acid groups (broad SMARTS) is 1. The summed E-state index contributed by atoms with van der Waals surface area (Å²) in [6, 6.07) is 4.37. The van der Waals surface area contributed by atoms with Crippen LogP contribution in [-0.2, 0) is 14.8 Å². The van der Waals surface area contributed by atoms with Crippen molar-refractivity contribution in [3.05, 3.63) is 29.6 Å². The number of nitrogens with zero attached hydrogens (tertiary/aromatic N) is 2. The predicted octanol–water partition coefficient (Wildman–Crippen LogP) is 1.33. The standard InChI is InChI=1S/C13H13FN2O4S/c1-13(12(17)18)5-2-6-16(13)21(19,20)11-4-3-10(14)7-9(11)8-15/h3-4,7H,2,5-6H2,1H3,(H,17,18)/t13-/m0/s1. The van der Waals surface area contributed by atoms with Crippen molar-refractivity contribution in [2.24, 2.45) is 0 Å². The van der Waals surface area contributed by atoms with E-state index in [2.05, 4.69) is 0 Å². The molecule has 2 rings (SSSR count). The van der Waals surface area contributed by atoms with Gasteiger partial charge in [-0.1, -0.05) is 0 Å². The number of carbonyl (C=O) groups is 1. The summed E-state index contributed by atoms with van der Waals surface area (Å²) in [5, 5.41) is 18.3. The number of halogens is 1. The van der Waals surface area contributed by atoms with Gasteiger partial charge < -0.3 is 5.11 Å². The third-order valence-electron chi connectivity index (χ3n) is 3.67. The van der Waals surface area contributed by atoms with Gasteiger partial charge in [0.05, 0.1) is 5.56 Å². The zero-order chi connectivity index (χ0) is 15.8. The molecule has 8 heteroatoms. The summed E-state index contributed by atoms with van der Waals surface area (Å²) in [6.07, 6.45) is 0.593. The van der Waals surface area contributed by atoms with Crippen molar-refractivity contribution in [3.63, 3.8) is 0 Å². The SMILES string of the molecule is C[C@@]1(C(=O)O)CCCN1S(=O)(=O)c1ccc(F)cc1C#N. The quantitative estimate of drug-likeness (QED) is 0.907. The molecule has 1 fully saturated rings. The minimum absolute atomic E-state index is 0.0490. The fraction of sp³-hybridized carbons (Fsp3) is 0.385. The molecule has 1 aliphatic heterocycles. The summed E-state index contributed by atoms with van der Waals surface area (Å²) in [5.41, 5.74) is -1.89. The molecule has 21 heavy (non-hydrogen) atoms. The molecule has 1 atom stereocenters. The molecular formula is C13H13FN2O4S. The Balaban J connectivity index is 2.58. The highest BCUT2D eigenvalue weighted by atomic mass is 32.2. The molecular weight excluding hydrogens is 299 g/mol. The van der Waals surface area contributed by atoms with Gasteiger partial charge >= 0.3 is 5.97 Å². The van der Waals surface area contributed by atoms with E-state index in [1.807, 2.05) is 0 Å². The number of rotatable bonds is 3. The molecule has 0 bridgehead atoms. The van der Waals surface area contributed by atoms with Gasteiger partial charge in [-0.2, -0.15) is 9.57 Å². The molecule has 1 aromatic carbocycles. The molecule has 1 heterocycles. The number of hydrogen-bond donors (Lipinski definition) is 1. The van der Waals surface area contributed by atoms with Crippen molar-refractivity contribution in [2.45, 2.75) is 30.2 Å². The number of carboxylic acids is 1. The number of aliphatic carboxylic acids is 1. The molecule has 1 N–H and O–H groups in total. The van der Waals surface area contributed by atoms with E-state index in [-0.39, 0.29) is 23.4 Å². The molecule has 0 aliphatic carbocycles. The van der Waals surface area contributed by atoms with Crippen LogP contribution in [0.3, 0.4) is 0 Å². The van der Waals surface area contributed by atoms with Crippen LogP contribution < -0.4 is 0 Å². The van der Waals surface area contributed by atoms with Gasteiger partial charge in [-0.3, -0.25) is 4.79 Å². The maximum absolute atomic E-state index is 13.1. The van der Waals surface area contributed by atoms with Gasteiger partial charge in [-0.15, -0.1) is 0 Å². The molecule has 1 saturated heterocycles. The topological polar surface area (TPSA) is 98.5 Å². The van der Waals surface area contributed by atoms with Crippen LogP contribution in [-0.4, -0.2) is 35.9 Å². The lowest BCUT2D eigenvalue weighted by Crippen LogP contribution is -2.50. The minimum Gasteiger partial charge on any atom is -0.480 e. The summed E-state index contributed by atoms with van der Waals surface area (Å²) in [7, 11) is -4.19. The molecule has 0 spiro atoms. The molecule has 6 nitrogen and oxygen atoms in total. The third kappa shape index (κ3) is 2.39. The van der Waals surface area contributed by atoms with Crippen molar-refractivity contribution < 1.29 is 22.7 Å². The van der Waals surface area contributed by atoms with Gasteiger partial charge in [0, 0.05) is 6.54 Å². The fourth-order valence-corrected chi connectivity index (χ4v) is 4.40. The Kier molecular flexibility index (Phi) is 3.74. The van der Waals surface area contributed by atoms with Crippen LogP contribution in [0.25, 0.3) is 0 Å². The largest absolute Gasteiger partial charge is 0.480 e. The van der Waals surface area contributed by atoms with Crippen molar-refractivity contribution in [1.82, 2.24) is 4.31 Å². The zero-order valence-electron chi connectivity index (χ0n) is 11.2. The molecule has 0 saturated carbocycles. The van der Waals surface area contributed by atoms with Crippen LogP contribution >= 0.6 is 0 Å². The first-order valence-corrected chi connectivity index (χ1v) is 7.63. The maximum atomic E-state index is 13.1. The third-order valence-corrected chi connectivity index (χ3v) is 5.74. The van der Waals surface area contributed by atoms with Crippen molar-refractivity contribution in [3.8, 4) is 6.07 Å². The van der Waals surface area contributed by atoms with Crippen molar-refractivity contribution in [2.75, 3.05) is 6.54 Å². The second kappa shape index (κ2) is 5.09. The number of hydrogen-bond acceptors (Lipinski definition) is 4. The highest BCUT2D eigenvalue weighted by Gasteiger charge is 2.50. The van der Waals surface area contributed by atoms with Crippen LogP contribution in [0, 0.1) is 17.1 Å². The van der Waals surface area contributed by atoms with Gasteiger partial charge in [-0.25, -0.2) is 12.8 Å². The first-order valence-electron chi connectivity index (χ1n) is 6.19. The summed E-state index contributed by atoms with van der Waals surface area (Å²) in [4.78, 5) is 11.0. The summed E-state index contributed by atoms with van der Waals surface area (Å²) in [6.45, 7) is 1.38. The molecule has 112 valence electrons. The van der Waals surface area contributed by atoms with E-state index >= 15 is 0 Å². The van der Waals surface area contributed by atoms with E-state index in [0.29, 0.717) is 6.42 Å². The van der Waals surface area contributed by atoms with E-state index in [1.165, 1.54) is 6.92 Å². The van der Waals surface area contributed by atoms with Crippen LogP contribution in [0.5, 0.6) is 0 Å². The Morgan fingerprint density at radius 3 is 2.76 bits per heavy atom. The Hall–Kier alpha value is -1.98. The average Bonchev–Trinajstić information content (AvgIpc) is 2.82. The second-order valence-electron chi connectivity index (χ2n) is 5.01. The maximum Gasteiger partial charge on any atom is 0.324 e. The van der Waals surface area contributed by atoms with Crippen LogP contribution in [0.15, 0.2) is 23.1 Å². The van der Waals surface area contributed by atoms with E-state index in [1.54, 1.807) is 6.07 Å². The number of sulfonamides is 1. The summed E-state index contributed by atoms with van der Waals surface area (Å²) < 4.78 is 39.3. The van der Waals surface area contributed by atoms with E-state index in [9.17, 15) is 22.7 Å². The predicted molar refractivity (Wildman–Crippen MR) is 70.3 cm³/mol. The number of nitriles is 1. The van der Waals surface area contributed by atoms with Gasteiger partial charge in [-0.05, 0) is 38.0 Å². The highest BCUT2D eigenvalue weighted by molar-refractivity contribution is 7.89. The van der Waals surface area contributed by atoms with Crippen LogP contribution in [0.4, 0.5) is 4.39 Å². The highest BCUT2D eigenvalue weighted by Crippen LogP contribution is 2.35. The molecule has 1 aromatic rings. The molecule has 0 radical (unpaired) electrons. The van der Waals surface area contributed by atoms with Gasteiger partial charge in [0.25, 0.3) is 0 Å². The normalized spacial score (nSPS) is 22.9. The molecule has 0 unspecified atom stereocenters. The van der Waals surface area contributed by atoms with Gasteiger partial charge in [0.2, 0.25) is 10.0 Å². The second-order valence-corrected chi connectivity index (χ2v) is 6.84. The first kappa shape index (κ1) is 15.4. The fourth-order valence-electron chi connectivity index (χ4n) is 2.47. The van der Waals surface area contributed by atoms with E-state index in [4.69, 9.17) is 5.26 Å². The van der Waals surface area contributed by atoms with Gasteiger partial charge in [0.15, 0.2) is 0 Å². The lowest BCUT2D eigenvalue weighted by Gasteiger charge is -2.30. The Labute approximate surface area is 121 Å². The Morgan fingerprint density at radius 1 is 1.52 bits per heavy atom. The van der Waals surface area contributed by atoms with Gasteiger partial charge in [0.1, 0.15) is 22.3 Å². The lowest BCUT2D eigenvalue weighted by atomic mass is 10.0. The zero-order valence-corrected chi connectivity index (χ0v) is 12.0. The smallest absolute Gasteiger partial charge is 0.324 e. The molecule has 1 aliphatic rings. The van der Waals surface area contributed by atoms with Crippen molar-refractivity contribution in [1.29, 1.82) is 5.26 Å². The Bertz CT molecular complexity index is 741. The lowest BCUT2D eigenvalue weighted by molar-refractivity contribution is -0.146. The average molecular weight is 312 g/mol. The molecule has 0 amide bonds. The number of benzene rings is 1. The monoisotopic (exact) mass is 312 g/mol. The van der Waals surface area contributed by atoms with Crippen LogP contribution in [0.2, 0.25) is 0 Å². The summed E-state index contributed by atoms with van der Waals surface area (Å²) in [5.74, 6) is -1.97.